The highest BCUT2D eigenvalue weighted by Crippen LogP contribution is 2.66. The molecule has 0 saturated heterocycles. The third-order valence-corrected chi connectivity index (χ3v) is 4.67. The van der Waals surface area contributed by atoms with Gasteiger partial charge in [-0.15, -0.1) is 0 Å². The van der Waals surface area contributed by atoms with Crippen LogP contribution in [0.15, 0.2) is 59.7 Å². The number of hydrogen-bond acceptors (Lipinski definition) is 4. The molecule has 0 unspecified atom stereocenters. The van der Waals surface area contributed by atoms with Gasteiger partial charge < -0.3 is 9.47 Å². The average molecular weight is 306 g/mol. The first kappa shape index (κ1) is 13.8. The molecule has 4 rings (SSSR count). The van der Waals surface area contributed by atoms with Crippen LogP contribution in [0.1, 0.15) is 11.1 Å². The van der Waals surface area contributed by atoms with Gasteiger partial charge in [0, 0.05) is 0 Å². The van der Waals surface area contributed by atoms with Gasteiger partial charge in [-0.2, -0.15) is 0 Å². The van der Waals surface area contributed by atoms with Crippen molar-refractivity contribution in [3.8, 4) is 11.1 Å². The van der Waals surface area contributed by atoms with E-state index in [2.05, 4.69) is 0 Å². The van der Waals surface area contributed by atoms with E-state index >= 15 is 0 Å². The third-order valence-electron chi connectivity index (χ3n) is 4.67. The molecule has 0 aliphatic heterocycles. The van der Waals surface area contributed by atoms with Crippen molar-refractivity contribution in [1.29, 1.82) is 0 Å². The van der Waals surface area contributed by atoms with E-state index in [0.717, 1.165) is 22.3 Å². The van der Waals surface area contributed by atoms with E-state index in [4.69, 9.17) is 9.47 Å². The van der Waals surface area contributed by atoms with Crippen molar-refractivity contribution in [2.45, 2.75) is 5.41 Å². The molecule has 2 aliphatic carbocycles. The Balaban J connectivity index is 2.02. The summed E-state index contributed by atoms with van der Waals surface area (Å²) in [4.78, 5) is 24.6. The van der Waals surface area contributed by atoms with Crippen LogP contribution in [-0.4, -0.2) is 26.2 Å². The number of esters is 2. The molecular weight excluding hydrogens is 292 g/mol. The van der Waals surface area contributed by atoms with Gasteiger partial charge in [0.15, 0.2) is 0 Å². The van der Waals surface area contributed by atoms with Crippen LogP contribution in [0, 0.1) is 0 Å². The van der Waals surface area contributed by atoms with Crippen LogP contribution in [0.4, 0.5) is 0 Å². The summed E-state index contributed by atoms with van der Waals surface area (Å²) >= 11 is 0. The van der Waals surface area contributed by atoms with Gasteiger partial charge in [0.25, 0.3) is 0 Å². The lowest BCUT2D eigenvalue weighted by atomic mass is 9.85. The van der Waals surface area contributed by atoms with Crippen LogP contribution >= 0.6 is 0 Å². The highest BCUT2D eigenvalue weighted by Gasteiger charge is 2.66. The molecule has 2 aliphatic rings. The number of benzene rings is 2. The molecule has 0 N–H and O–H groups in total. The number of carbonyl (C=O) groups is 2. The van der Waals surface area contributed by atoms with Crippen molar-refractivity contribution in [2.75, 3.05) is 14.2 Å². The first-order valence-electron chi connectivity index (χ1n) is 7.29. The summed E-state index contributed by atoms with van der Waals surface area (Å²) < 4.78 is 9.82. The Hall–Kier alpha value is -2.88. The summed E-state index contributed by atoms with van der Waals surface area (Å²) in [5, 5.41) is 0. The second-order valence-corrected chi connectivity index (χ2v) is 5.57. The molecule has 0 amide bonds. The summed E-state index contributed by atoms with van der Waals surface area (Å²) in [6.07, 6.45) is 0. The predicted molar refractivity (Wildman–Crippen MR) is 83.7 cm³/mol. The van der Waals surface area contributed by atoms with Gasteiger partial charge in [0.05, 0.1) is 30.8 Å². The van der Waals surface area contributed by atoms with Crippen LogP contribution in [0.3, 0.4) is 0 Å². The number of methoxy groups -OCH3 is 2. The molecule has 0 fully saturated rings. The van der Waals surface area contributed by atoms with Gasteiger partial charge in [0.2, 0.25) is 0 Å². The molecule has 4 heteroatoms. The third kappa shape index (κ3) is 1.50. The zero-order chi connectivity index (χ0) is 16.2. The number of rotatable bonds is 2. The van der Waals surface area contributed by atoms with Crippen LogP contribution in [0.5, 0.6) is 0 Å². The molecule has 0 aromatic heterocycles. The number of fused-ring (bicyclic) bond motifs is 5. The Bertz CT molecular complexity index is 818. The van der Waals surface area contributed by atoms with Crippen molar-refractivity contribution < 1.29 is 19.1 Å². The second kappa shape index (κ2) is 4.56. The summed E-state index contributed by atoms with van der Waals surface area (Å²) in [5.74, 6) is -0.978. The molecule has 0 heterocycles. The molecule has 0 bridgehead atoms. The Labute approximate surface area is 133 Å². The van der Waals surface area contributed by atoms with Gasteiger partial charge in [-0.25, -0.2) is 9.59 Å². The van der Waals surface area contributed by atoms with Crippen molar-refractivity contribution in [3.63, 3.8) is 0 Å². The van der Waals surface area contributed by atoms with E-state index in [9.17, 15) is 9.59 Å². The lowest BCUT2D eigenvalue weighted by Gasteiger charge is -2.16. The molecule has 0 saturated carbocycles. The smallest absolute Gasteiger partial charge is 0.335 e. The normalized spacial score (nSPS) is 15.9. The molecule has 4 nitrogen and oxygen atoms in total. The van der Waals surface area contributed by atoms with E-state index in [1.807, 2.05) is 48.5 Å². The molecule has 0 radical (unpaired) electrons. The topological polar surface area (TPSA) is 52.6 Å². The number of hydrogen-bond donors (Lipinski definition) is 0. The predicted octanol–water partition coefficient (Wildman–Crippen LogP) is 2.61. The fraction of sp³-hybridized carbons (Fsp3) is 0.158. The summed E-state index contributed by atoms with van der Waals surface area (Å²) in [5.41, 5.74) is 3.86. The summed E-state index contributed by atoms with van der Waals surface area (Å²) in [6.45, 7) is 0. The first-order valence-corrected chi connectivity index (χ1v) is 7.29. The van der Waals surface area contributed by atoms with Crippen molar-refractivity contribution in [3.05, 3.63) is 70.8 Å². The van der Waals surface area contributed by atoms with E-state index in [1.165, 1.54) is 14.2 Å². The van der Waals surface area contributed by atoms with E-state index in [-0.39, 0.29) is 0 Å². The minimum Gasteiger partial charge on any atom is -0.466 e. The maximum Gasteiger partial charge on any atom is 0.335 e. The minimum atomic E-state index is -0.826. The quantitative estimate of drug-likeness (QED) is 0.800. The van der Waals surface area contributed by atoms with Crippen molar-refractivity contribution in [1.82, 2.24) is 0 Å². The van der Waals surface area contributed by atoms with E-state index in [0.29, 0.717) is 11.1 Å². The van der Waals surface area contributed by atoms with Crippen molar-refractivity contribution >= 4 is 11.9 Å². The zero-order valence-electron chi connectivity index (χ0n) is 12.8. The Morgan fingerprint density at radius 3 is 1.52 bits per heavy atom. The van der Waals surface area contributed by atoms with Gasteiger partial charge in [0.1, 0.15) is 0 Å². The monoisotopic (exact) mass is 306 g/mol. The fourth-order valence-electron chi connectivity index (χ4n) is 3.77. The Kier molecular flexibility index (Phi) is 2.73. The molecule has 2 aromatic carbocycles. The molecule has 2 aromatic rings. The lowest BCUT2D eigenvalue weighted by Crippen LogP contribution is -2.18. The molecular formula is C19H14O4. The van der Waals surface area contributed by atoms with Crippen LogP contribution < -0.4 is 0 Å². The van der Waals surface area contributed by atoms with Gasteiger partial charge in [-0.05, 0) is 22.3 Å². The van der Waals surface area contributed by atoms with Gasteiger partial charge in [-0.1, -0.05) is 48.5 Å². The van der Waals surface area contributed by atoms with Crippen molar-refractivity contribution in [2.24, 2.45) is 0 Å². The first-order chi connectivity index (χ1) is 11.2. The van der Waals surface area contributed by atoms with Crippen LogP contribution in [0.25, 0.3) is 11.1 Å². The molecule has 23 heavy (non-hydrogen) atoms. The standard InChI is InChI=1S/C19H14O4/c1-22-17(20)15-16(18(21)23-2)19(15)13-9-5-3-7-11(13)12-8-4-6-10-14(12)19/h3-10H,1-2H3. The molecule has 0 atom stereocenters. The summed E-state index contributed by atoms with van der Waals surface area (Å²) in [7, 11) is 2.64. The molecule has 114 valence electrons. The van der Waals surface area contributed by atoms with Gasteiger partial charge >= 0.3 is 11.9 Å². The Morgan fingerprint density at radius 2 is 1.13 bits per heavy atom. The largest absolute Gasteiger partial charge is 0.466 e. The highest BCUT2D eigenvalue weighted by molar-refractivity contribution is 6.18. The van der Waals surface area contributed by atoms with E-state index < -0.39 is 17.4 Å². The molecule has 1 spiro atoms. The minimum absolute atomic E-state index is 0.379. The highest BCUT2D eigenvalue weighted by atomic mass is 16.5. The van der Waals surface area contributed by atoms with Crippen LogP contribution in [-0.2, 0) is 24.5 Å². The second-order valence-electron chi connectivity index (χ2n) is 5.57. The Morgan fingerprint density at radius 1 is 0.739 bits per heavy atom. The maximum absolute atomic E-state index is 12.3. The fourth-order valence-corrected chi connectivity index (χ4v) is 3.77. The lowest BCUT2D eigenvalue weighted by molar-refractivity contribution is -0.137. The number of carbonyl (C=O) groups excluding carboxylic acids is 2. The zero-order valence-corrected chi connectivity index (χ0v) is 12.8. The van der Waals surface area contributed by atoms with Crippen LogP contribution in [0.2, 0.25) is 0 Å². The van der Waals surface area contributed by atoms with Gasteiger partial charge in [-0.3, -0.25) is 0 Å². The SMILES string of the molecule is COC(=O)C1=C(C(=O)OC)C12c1ccccc1-c1ccccc12. The van der Waals surface area contributed by atoms with E-state index in [1.54, 1.807) is 0 Å². The maximum atomic E-state index is 12.3. The average Bonchev–Trinajstić information content (AvgIpc) is 3.22. The number of ether oxygens (including phenoxy) is 2. The summed E-state index contributed by atoms with van der Waals surface area (Å²) in [6, 6.07) is 15.6.